The first-order valence-corrected chi connectivity index (χ1v) is 1.77. The first-order valence-electron chi connectivity index (χ1n) is 1.77. The van der Waals surface area contributed by atoms with Crippen molar-refractivity contribution in [2.75, 3.05) is 0 Å². The van der Waals surface area contributed by atoms with Crippen molar-refractivity contribution in [1.82, 2.24) is 20.4 Å². The molecule has 0 bridgehead atoms. The second kappa shape index (κ2) is 5.86. The maximum absolute atomic E-state index is 4.00. The monoisotopic (exact) mass is 114 g/mol. The third-order valence-corrected chi connectivity index (χ3v) is 0.340. The Balaban J connectivity index is 0.000000222. The Kier molecular flexibility index (Phi) is 5.02. The van der Waals surface area contributed by atoms with Gasteiger partial charge in [0.25, 0.3) is 0 Å². The molecule has 0 aliphatic carbocycles. The van der Waals surface area contributed by atoms with Crippen molar-refractivity contribution >= 4 is 0 Å². The lowest BCUT2D eigenvalue weighted by Crippen LogP contribution is -2.02. The van der Waals surface area contributed by atoms with Crippen LogP contribution >= 0.6 is 0 Å². The number of nitrogens with zero attached hydrogens (tertiary/aromatic N) is 4. The van der Waals surface area contributed by atoms with Gasteiger partial charge >= 0.3 is 0 Å². The lowest BCUT2D eigenvalue weighted by molar-refractivity contribution is 0.853. The van der Waals surface area contributed by atoms with E-state index in [0.717, 1.165) is 0 Å². The van der Waals surface area contributed by atoms with E-state index in [1.807, 2.05) is 0 Å². The Bertz CT molecular complexity index is 78.5. The van der Waals surface area contributed by atoms with E-state index in [4.69, 9.17) is 0 Å². The van der Waals surface area contributed by atoms with Gasteiger partial charge in [-0.15, -0.1) is 20.4 Å². The van der Waals surface area contributed by atoms with Crippen molar-refractivity contribution in [2.45, 2.75) is 0 Å². The molecule has 0 spiro atoms. The fraction of sp³-hybridized carbons (Fsp3) is 0. The third-order valence-electron chi connectivity index (χ3n) is 0.340. The predicted molar refractivity (Wildman–Crippen MR) is 26.0 cm³/mol. The van der Waals surface area contributed by atoms with Gasteiger partial charge in [-0.1, -0.05) is 0 Å². The molecule has 1 aromatic heterocycles. The zero-order chi connectivity index (χ0) is 6.24. The van der Waals surface area contributed by atoms with Crippen molar-refractivity contribution in [3.05, 3.63) is 12.7 Å². The predicted octanol–water partition coefficient (Wildman–Crippen LogP) is -1.91. The minimum absolute atomic E-state index is 1.28. The standard InChI is InChI=1S/C2H2N4.H4N2/c1-3-5-2-6-4-1;1-2/h1-2H;1-2H2. The number of hydrogen-bond acceptors (Lipinski definition) is 6. The van der Waals surface area contributed by atoms with Gasteiger partial charge in [-0.25, -0.2) is 0 Å². The molecule has 1 aromatic rings. The highest BCUT2D eigenvalue weighted by molar-refractivity contribution is 4.35. The Morgan fingerprint density at radius 2 is 1.00 bits per heavy atom. The average Bonchev–Trinajstić information content (AvgIpc) is 1.96. The van der Waals surface area contributed by atoms with Gasteiger partial charge in [0.15, 0.2) is 12.7 Å². The normalized spacial score (nSPS) is 6.75. The first kappa shape index (κ1) is 6.86. The molecule has 0 aliphatic heterocycles. The molecule has 0 atom stereocenters. The van der Waals surface area contributed by atoms with E-state index in [2.05, 4.69) is 32.1 Å². The van der Waals surface area contributed by atoms with Crippen LogP contribution in [-0.2, 0) is 0 Å². The van der Waals surface area contributed by atoms with Gasteiger partial charge in [0.1, 0.15) is 0 Å². The fourth-order valence-corrected chi connectivity index (χ4v) is 0.165. The minimum atomic E-state index is 1.28. The molecular weight excluding hydrogens is 108 g/mol. The largest absolute Gasteiger partial charge is 0.274 e. The van der Waals surface area contributed by atoms with Crippen LogP contribution in [0, 0.1) is 0 Å². The maximum atomic E-state index is 4.00. The number of hydrogen-bond donors (Lipinski definition) is 2. The highest BCUT2D eigenvalue weighted by Gasteiger charge is 1.61. The zero-order valence-corrected chi connectivity index (χ0v) is 4.10. The summed E-state index contributed by atoms with van der Waals surface area (Å²) in [7, 11) is 0. The summed E-state index contributed by atoms with van der Waals surface area (Å²) >= 11 is 0. The molecule has 0 radical (unpaired) electrons. The topological polar surface area (TPSA) is 104 Å². The molecule has 4 N–H and O–H groups in total. The lowest BCUT2D eigenvalue weighted by Gasteiger charge is -1.68. The van der Waals surface area contributed by atoms with E-state index in [1.54, 1.807) is 0 Å². The van der Waals surface area contributed by atoms with Crippen LogP contribution < -0.4 is 11.7 Å². The van der Waals surface area contributed by atoms with Gasteiger partial charge in [0.2, 0.25) is 0 Å². The Hall–Kier alpha value is -1.14. The van der Waals surface area contributed by atoms with Crippen molar-refractivity contribution in [2.24, 2.45) is 11.7 Å². The molecule has 0 aromatic carbocycles. The summed E-state index contributed by atoms with van der Waals surface area (Å²) in [5.41, 5.74) is 0. The molecule has 6 nitrogen and oxygen atoms in total. The van der Waals surface area contributed by atoms with Crippen molar-refractivity contribution < 1.29 is 0 Å². The van der Waals surface area contributed by atoms with Gasteiger partial charge in [-0.2, -0.15) is 0 Å². The number of aromatic nitrogens is 4. The number of nitrogens with two attached hydrogens (primary N) is 2. The summed E-state index contributed by atoms with van der Waals surface area (Å²) in [5.74, 6) is 8.00. The van der Waals surface area contributed by atoms with Crippen LogP contribution in [0.4, 0.5) is 0 Å². The SMILES string of the molecule is NN.c1nncnn1. The smallest absolute Gasteiger partial charge is 0.160 e. The Morgan fingerprint density at radius 1 is 0.750 bits per heavy atom. The first-order chi connectivity index (χ1) is 4.00. The molecule has 0 saturated carbocycles. The molecule has 0 unspecified atom stereocenters. The number of hydrazine groups is 1. The molecule has 0 aliphatic rings. The highest BCUT2D eigenvalue weighted by Crippen LogP contribution is 1.50. The van der Waals surface area contributed by atoms with Gasteiger partial charge in [-0.05, 0) is 0 Å². The number of rotatable bonds is 0. The average molecular weight is 114 g/mol. The molecular formula is C2H6N6. The van der Waals surface area contributed by atoms with E-state index in [-0.39, 0.29) is 0 Å². The second-order valence-corrected chi connectivity index (χ2v) is 0.693. The molecule has 1 heterocycles. The van der Waals surface area contributed by atoms with Crippen LogP contribution in [0.15, 0.2) is 12.7 Å². The van der Waals surface area contributed by atoms with Gasteiger partial charge in [-0.3, -0.25) is 11.7 Å². The quantitative estimate of drug-likeness (QED) is 0.301. The third kappa shape index (κ3) is 3.07. The highest BCUT2D eigenvalue weighted by atomic mass is 15.2. The van der Waals surface area contributed by atoms with Crippen molar-refractivity contribution in [1.29, 1.82) is 0 Å². The Labute approximate surface area is 45.9 Å². The minimum Gasteiger partial charge on any atom is -0.274 e. The van der Waals surface area contributed by atoms with Gasteiger partial charge in [0, 0.05) is 0 Å². The maximum Gasteiger partial charge on any atom is 0.160 e. The molecule has 44 valence electrons. The van der Waals surface area contributed by atoms with E-state index < -0.39 is 0 Å². The van der Waals surface area contributed by atoms with Crippen LogP contribution in [0.1, 0.15) is 0 Å². The van der Waals surface area contributed by atoms with Crippen LogP contribution in [-0.4, -0.2) is 20.4 Å². The molecule has 0 saturated heterocycles. The summed E-state index contributed by atoms with van der Waals surface area (Å²) in [5, 5.41) is 13.4. The van der Waals surface area contributed by atoms with E-state index in [9.17, 15) is 0 Å². The van der Waals surface area contributed by atoms with Crippen molar-refractivity contribution in [3.8, 4) is 0 Å². The molecule has 6 heteroatoms. The Morgan fingerprint density at radius 3 is 1.12 bits per heavy atom. The zero-order valence-electron chi connectivity index (χ0n) is 4.10. The molecule has 8 heavy (non-hydrogen) atoms. The van der Waals surface area contributed by atoms with Crippen LogP contribution in [0.2, 0.25) is 0 Å². The van der Waals surface area contributed by atoms with E-state index >= 15 is 0 Å². The fourth-order valence-electron chi connectivity index (χ4n) is 0.165. The molecule has 0 amide bonds. The summed E-state index contributed by atoms with van der Waals surface area (Å²) in [6, 6.07) is 0. The lowest BCUT2D eigenvalue weighted by atomic mass is 11.3. The summed E-state index contributed by atoms with van der Waals surface area (Å²) in [6.07, 6.45) is 2.56. The summed E-state index contributed by atoms with van der Waals surface area (Å²) in [4.78, 5) is 0. The summed E-state index contributed by atoms with van der Waals surface area (Å²) in [6.45, 7) is 0. The van der Waals surface area contributed by atoms with E-state index in [1.165, 1.54) is 12.7 Å². The molecule has 1 rings (SSSR count). The van der Waals surface area contributed by atoms with Gasteiger partial charge in [0.05, 0.1) is 0 Å². The second-order valence-electron chi connectivity index (χ2n) is 0.693. The van der Waals surface area contributed by atoms with Crippen LogP contribution in [0.5, 0.6) is 0 Å². The van der Waals surface area contributed by atoms with Gasteiger partial charge < -0.3 is 0 Å². The van der Waals surface area contributed by atoms with E-state index in [0.29, 0.717) is 0 Å². The molecule has 0 fully saturated rings. The van der Waals surface area contributed by atoms with Crippen LogP contribution in [0.25, 0.3) is 0 Å². The van der Waals surface area contributed by atoms with Crippen LogP contribution in [0.3, 0.4) is 0 Å². The van der Waals surface area contributed by atoms with Crippen molar-refractivity contribution in [3.63, 3.8) is 0 Å². The summed E-state index contributed by atoms with van der Waals surface area (Å²) < 4.78 is 0.